The number of hydrogen-bond donors (Lipinski definition) is 1. The lowest BCUT2D eigenvalue weighted by Gasteiger charge is -2.33. The first-order valence-electron chi connectivity index (χ1n) is 4.29. The van der Waals surface area contributed by atoms with Crippen LogP contribution in [0.25, 0.3) is 0 Å². The molecule has 0 rings (SSSR count). The molecule has 1 N–H and O–H groups in total. The summed E-state index contributed by atoms with van der Waals surface area (Å²) in [6.07, 6.45) is 0. The monoisotopic (exact) mass is 239 g/mol. The predicted molar refractivity (Wildman–Crippen MR) is 58.8 cm³/mol. The van der Waals surface area contributed by atoms with Crippen LogP contribution in [-0.2, 0) is 4.79 Å². The van der Waals surface area contributed by atoms with Crippen molar-refractivity contribution in [2.24, 2.45) is 0 Å². The van der Waals surface area contributed by atoms with Gasteiger partial charge in [0, 0.05) is 17.1 Å². The number of halogens is 2. The first kappa shape index (κ1) is 13.8. The third-order valence-corrected chi connectivity index (χ3v) is 2.76. The van der Waals surface area contributed by atoms with E-state index in [1.54, 1.807) is 18.7 Å². The maximum atomic E-state index is 11.0. The highest BCUT2D eigenvalue weighted by Crippen LogP contribution is 2.17. The van der Waals surface area contributed by atoms with Gasteiger partial charge in [0.15, 0.2) is 0 Å². The van der Waals surface area contributed by atoms with Crippen molar-refractivity contribution in [1.29, 1.82) is 0 Å². The van der Waals surface area contributed by atoms with E-state index < -0.39 is 11.5 Å². The Hall–Kier alpha value is -0.250. The molecule has 0 aliphatic carbocycles. The number of rotatable bonds is 5. The molecule has 0 fully saturated rings. The number of nitrogens with zero attached hydrogens (tertiary/aromatic N) is 1. The van der Waals surface area contributed by atoms with Crippen molar-refractivity contribution in [2.75, 3.05) is 13.1 Å². The van der Waals surface area contributed by atoms with Crippen LogP contribution in [-0.4, -0.2) is 34.6 Å². The molecule has 0 aromatic rings. The molecule has 0 spiro atoms. The van der Waals surface area contributed by atoms with E-state index in [1.165, 1.54) is 5.54 Å². The molecule has 82 valence electrons. The van der Waals surface area contributed by atoms with Gasteiger partial charge in [0.1, 0.15) is 5.54 Å². The SMILES string of the molecule is CCN(CC(Cl)=CCl)C(C)(C)C(=O)O. The highest BCUT2D eigenvalue weighted by molar-refractivity contribution is 6.36. The Morgan fingerprint density at radius 2 is 2.07 bits per heavy atom. The molecule has 5 heteroatoms. The van der Waals surface area contributed by atoms with Gasteiger partial charge in [-0.1, -0.05) is 30.1 Å². The number of aliphatic carboxylic acids is 1. The van der Waals surface area contributed by atoms with Crippen molar-refractivity contribution >= 4 is 29.2 Å². The molecule has 0 bridgehead atoms. The van der Waals surface area contributed by atoms with Gasteiger partial charge in [-0.25, -0.2) is 0 Å². The van der Waals surface area contributed by atoms with E-state index in [9.17, 15) is 4.79 Å². The third kappa shape index (κ3) is 3.48. The van der Waals surface area contributed by atoms with Crippen LogP contribution in [0.1, 0.15) is 20.8 Å². The van der Waals surface area contributed by atoms with Crippen LogP contribution in [0.4, 0.5) is 0 Å². The predicted octanol–water partition coefficient (Wildman–Crippen LogP) is 2.49. The van der Waals surface area contributed by atoms with E-state index >= 15 is 0 Å². The molecule has 0 amide bonds. The van der Waals surface area contributed by atoms with Crippen molar-refractivity contribution in [2.45, 2.75) is 26.3 Å². The lowest BCUT2D eigenvalue weighted by molar-refractivity contribution is -0.148. The van der Waals surface area contributed by atoms with Gasteiger partial charge in [-0.05, 0) is 20.4 Å². The molecule has 0 aromatic heterocycles. The van der Waals surface area contributed by atoms with E-state index in [0.29, 0.717) is 18.1 Å². The Kier molecular flexibility index (Phi) is 5.49. The second-order valence-electron chi connectivity index (χ2n) is 3.43. The fraction of sp³-hybridized carbons (Fsp3) is 0.667. The van der Waals surface area contributed by atoms with E-state index in [-0.39, 0.29) is 0 Å². The molecule has 0 aromatic carbocycles. The Bertz CT molecular complexity index is 239. The highest BCUT2D eigenvalue weighted by Gasteiger charge is 2.33. The van der Waals surface area contributed by atoms with Crippen molar-refractivity contribution in [3.63, 3.8) is 0 Å². The third-order valence-electron chi connectivity index (χ3n) is 2.16. The summed E-state index contributed by atoms with van der Waals surface area (Å²) in [5, 5.41) is 9.42. The average molecular weight is 240 g/mol. The van der Waals surface area contributed by atoms with Crippen LogP contribution < -0.4 is 0 Å². The molecule has 0 radical (unpaired) electrons. The number of likely N-dealkylation sites (N-methyl/N-ethyl adjacent to an activating group) is 1. The summed E-state index contributed by atoms with van der Waals surface area (Å²) in [5.41, 5.74) is 0.316. The van der Waals surface area contributed by atoms with Gasteiger partial charge in [-0.2, -0.15) is 0 Å². The van der Waals surface area contributed by atoms with E-state index in [2.05, 4.69) is 0 Å². The summed E-state index contributed by atoms with van der Waals surface area (Å²) in [7, 11) is 0. The molecule has 0 atom stereocenters. The van der Waals surface area contributed by atoms with Crippen LogP contribution in [0.15, 0.2) is 10.6 Å². The number of carboxylic acids is 1. The largest absolute Gasteiger partial charge is 0.480 e. The minimum absolute atomic E-state index is 0.348. The molecule has 0 unspecified atom stereocenters. The van der Waals surface area contributed by atoms with Gasteiger partial charge in [0.05, 0.1) is 0 Å². The van der Waals surface area contributed by atoms with Gasteiger partial charge in [0.25, 0.3) is 0 Å². The highest BCUT2D eigenvalue weighted by atomic mass is 35.5. The summed E-state index contributed by atoms with van der Waals surface area (Å²) in [6, 6.07) is 0. The molecule has 0 aliphatic rings. The van der Waals surface area contributed by atoms with Gasteiger partial charge in [-0.15, -0.1) is 0 Å². The van der Waals surface area contributed by atoms with E-state index in [0.717, 1.165) is 0 Å². The zero-order valence-corrected chi connectivity index (χ0v) is 10.1. The molecule has 0 heterocycles. The topological polar surface area (TPSA) is 40.5 Å². The maximum Gasteiger partial charge on any atom is 0.323 e. The first-order chi connectivity index (χ1) is 6.36. The Morgan fingerprint density at radius 1 is 1.57 bits per heavy atom. The summed E-state index contributed by atoms with van der Waals surface area (Å²) in [4.78, 5) is 12.7. The second kappa shape index (κ2) is 5.59. The van der Waals surface area contributed by atoms with Gasteiger partial charge in [0.2, 0.25) is 0 Å². The molecular formula is C9H15Cl2NO2. The minimum atomic E-state index is -0.936. The van der Waals surface area contributed by atoms with Gasteiger partial charge in [-0.3, -0.25) is 9.69 Å². The zero-order chi connectivity index (χ0) is 11.4. The van der Waals surface area contributed by atoms with Crippen molar-refractivity contribution in [3.05, 3.63) is 10.6 Å². The lowest BCUT2D eigenvalue weighted by atomic mass is 10.0. The molecule has 0 aliphatic heterocycles. The van der Waals surface area contributed by atoms with E-state index in [4.69, 9.17) is 28.3 Å². The molecule has 14 heavy (non-hydrogen) atoms. The quantitative estimate of drug-likeness (QED) is 0.802. The van der Waals surface area contributed by atoms with Crippen molar-refractivity contribution < 1.29 is 9.90 Å². The molecule has 0 saturated carbocycles. The van der Waals surface area contributed by atoms with Gasteiger partial charge < -0.3 is 5.11 Å². The first-order valence-corrected chi connectivity index (χ1v) is 5.10. The standard InChI is InChI=1S/C9H15Cl2NO2/c1-4-12(6-7(11)5-10)9(2,3)8(13)14/h5H,4,6H2,1-3H3,(H,13,14). The fourth-order valence-electron chi connectivity index (χ4n) is 1.06. The molecule has 3 nitrogen and oxygen atoms in total. The lowest BCUT2D eigenvalue weighted by Crippen LogP contribution is -2.50. The molecule has 0 saturated heterocycles. The van der Waals surface area contributed by atoms with Crippen molar-refractivity contribution in [3.8, 4) is 0 Å². The summed E-state index contributed by atoms with van der Waals surface area (Å²) in [6.45, 7) is 6.10. The summed E-state index contributed by atoms with van der Waals surface area (Å²) in [5.74, 6) is -0.876. The average Bonchev–Trinajstić information content (AvgIpc) is 2.12. The number of carbonyl (C=O) groups is 1. The normalized spacial score (nSPS) is 13.4. The van der Waals surface area contributed by atoms with Crippen LogP contribution >= 0.6 is 23.2 Å². The summed E-state index contributed by atoms with van der Waals surface area (Å²) < 4.78 is 0. The summed E-state index contributed by atoms with van der Waals surface area (Å²) >= 11 is 11.2. The fourth-order valence-corrected chi connectivity index (χ4v) is 1.27. The number of hydrogen-bond acceptors (Lipinski definition) is 2. The minimum Gasteiger partial charge on any atom is -0.480 e. The Labute approximate surface area is 94.3 Å². The van der Waals surface area contributed by atoms with Crippen molar-refractivity contribution in [1.82, 2.24) is 4.90 Å². The molecular weight excluding hydrogens is 225 g/mol. The van der Waals surface area contributed by atoms with Gasteiger partial charge >= 0.3 is 5.97 Å². The maximum absolute atomic E-state index is 11.0. The number of carboxylic acid groups (broad SMARTS) is 1. The van der Waals surface area contributed by atoms with Crippen LogP contribution in [0, 0.1) is 0 Å². The zero-order valence-electron chi connectivity index (χ0n) is 8.55. The smallest absolute Gasteiger partial charge is 0.323 e. The Morgan fingerprint density at radius 3 is 2.36 bits per heavy atom. The van der Waals surface area contributed by atoms with Crippen LogP contribution in [0.2, 0.25) is 0 Å². The Balaban J connectivity index is 4.64. The second-order valence-corrected chi connectivity index (χ2v) is 4.14. The van der Waals surface area contributed by atoms with Crippen LogP contribution in [0.3, 0.4) is 0 Å². The van der Waals surface area contributed by atoms with E-state index in [1.807, 2.05) is 6.92 Å². The van der Waals surface area contributed by atoms with Crippen LogP contribution in [0.5, 0.6) is 0 Å².